The number of amides is 1. The van der Waals surface area contributed by atoms with Crippen molar-refractivity contribution in [3.8, 4) is 0 Å². The summed E-state index contributed by atoms with van der Waals surface area (Å²) in [6.07, 6.45) is -3.37. The van der Waals surface area contributed by atoms with Gasteiger partial charge in [-0.3, -0.25) is 9.69 Å². The molecule has 1 N–H and O–H groups in total. The number of pyridine rings is 1. The van der Waals surface area contributed by atoms with Crippen molar-refractivity contribution in [2.45, 2.75) is 12.6 Å². The highest BCUT2D eigenvalue weighted by molar-refractivity contribution is 6.30. The van der Waals surface area contributed by atoms with Crippen LogP contribution in [0.25, 0.3) is 0 Å². The van der Waals surface area contributed by atoms with E-state index in [0.29, 0.717) is 38.5 Å². The zero-order valence-electron chi connectivity index (χ0n) is 15.3. The molecule has 0 radical (unpaired) electrons. The van der Waals surface area contributed by atoms with Gasteiger partial charge in [-0.15, -0.1) is 0 Å². The number of carbonyl (C=O) groups is 1. The fraction of sp³-hybridized carbons (Fsp3) is 0.368. The average Bonchev–Trinajstić information content (AvgIpc) is 2.68. The molecule has 1 aliphatic rings. The first-order valence-electron chi connectivity index (χ1n) is 8.98. The molecule has 0 aliphatic carbocycles. The predicted molar refractivity (Wildman–Crippen MR) is 103 cm³/mol. The zero-order chi connectivity index (χ0) is 21.0. The number of rotatable bonds is 5. The third-order valence-corrected chi connectivity index (χ3v) is 4.87. The molecule has 0 saturated carbocycles. The van der Waals surface area contributed by atoms with Crippen molar-refractivity contribution in [2.24, 2.45) is 0 Å². The summed E-state index contributed by atoms with van der Waals surface area (Å²) in [5, 5.41) is 2.77. The molecule has 156 valence electrons. The Kier molecular flexibility index (Phi) is 6.59. The van der Waals surface area contributed by atoms with E-state index < -0.39 is 17.6 Å². The van der Waals surface area contributed by atoms with E-state index >= 15 is 0 Å². The van der Waals surface area contributed by atoms with E-state index in [1.807, 2.05) is 4.90 Å². The largest absolute Gasteiger partial charge is 0.417 e. The second kappa shape index (κ2) is 8.96. The van der Waals surface area contributed by atoms with Crippen molar-refractivity contribution in [3.05, 3.63) is 52.9 Å². The Morgan fingerprint density at radius 3 is 2.45 bits per heavy atom. The zero-order valence-corrected chi connectivity index (χ0v) is 16.1. The van der Waals surface area contributed by atoms with Crippen LogP contribution in [-0.4, -0.2) is 48.5 Å². The van der Waals surface area contributed by atoms with Crippen LogP contribution in [0.1, 0.15) is 12.0 Å². The number of carbonyl (C=O) groups excluding carboxylic acids is 1. The lowest BCUT2D eigenvalue weighted by molar-refractivity contribution is -0.137. The Bertz CT molecular complexity index is 852. The number of hydrogen-bond donors (Lipinski definition) is 1. The first kappa shape index (κ1) is 21.3. The van der Waals surface area contributed by atoms with Crippen LogP contribution in [0.3, 0.4) is 0 Å². The molecule has 29 heavy (non-hydrogen) atoms. The van der Waals surface area contributed by atoms with E-state index in [1.54, 1.807) is 0 Å². The third-order valence-electron chi connectivity index (χ3n) is 4.63. The van der Waals surface area contributed by atoms with Gasteiger partial charge in [0.05, 0.1) is 11.3 Å². The lowest BCUT2D eigenvalue weighted by Crippen LogP contribution is -2.47. The number of nitrogens with zero attached hydrogens (tertiary/aromatic N) is 3. The molecule has 0 spiro atoms. The standard InChI is InChI=1S/C19H19ClF4N4O/c20-14-2-3-16(15(21)11-14)26-18(29)5-6-27-7-9-28(10-8-27)17-4-1-13(12-25-17)19(22,23)24/h1-4,11-12H,5-10H2,(H,26,29). The molecule has 1 saturated heterocycles. The highest BCUT2D eigenvalue weighted by Gasteiger charge is 2.31. The van der Waals surface area contributed by atoms with Crippen LogP contribution in [0.2, 0.25) is 5.02 Å². The Labute approximate surface area is 170 Å². The molecule has 1 fully saturated rings. The lowest BCUT2D eigenvalue weighted by atomic mass is 10.2. The summed E-state index contributed by atoms with van der Waals surface area (Å²) in [6.45, 7) is 2.96. The molecule has 2 heterocycles. The van der Waals surface area contributed by atoms with Crippen molar-refractivity contribution in [1.29, 1.82) is 0 Å². The number of alkyl halides is 3. The minimum absolute atomic E-state index is 0.0811. The lowest BCUT2D eigenvalue weighted by Gasteiger charge is -2.35. The van der Waals surface area contributed by atoms with Crippen molar-refractivity contribution in [1.82, 2.24) is 9.88 Å². The number of aromatic nitrogens is 1. The molecule has 0 atom stereocenters. The third kappa shape index (κ3) is 5.80. The van der Waals surface area contributed by atoms with Crippen LogP contribution >= 0.6 is 11.6 Å². The summed E-state index contributed by atoms with van der Waals surface area (Å²) in [7, 11) is 0. The number of piperazine rings is 1. The van der Waals surface area contributed by atoms with Crippen molar-refractivity contribution < 1.29 is 22.4 Å². The maximum absolute atomic E-state index is 13.7. The first-order valence-corrected chi connectivity index (χ1v) is 9.35. The topological polar surface area (TPSA) is 48.5 Å². The van der Waals surface area contributed by atoms with Gasteiger partial charge in [-0.05, 0) is 30.3 Å². The van der Waals surface area contributed by atoms with Gasteiger partial charge in [-0.2, -0.15) is 13.2 Å². The second-order valence-electron chi connectivity index (χ2n) is 6.65. The monoisotopic (exact) mass is 430 g/mol. The molecule has 5 nitrogen and oxygen atoms in total. The number of hydrogen-bond acceptors (Lipinski definition) is 4. The fourth-order valence-electron chi connectivity index (χ4n) is 3.00. The maximum Gasteiger partial charge on any atom is 0.417 e. The Balaban J connectivity index is 1.44. The van der Waals surface area contributed by atoms with Gasteiger partial charge in [-0.25, -0.2) is 9.37 Å². The van der Waals surface area contributed by atoms with Crippen LogP contribution in [0.4, 0.5) is 29.1 Å². The van der Waals surface area contributed by atoms with Gasteiger partial charge in [0.2, 0.25) is 5.91 Å². The van der Waals surface area contributed by atoms with Crippen LogP contribution in [0.15, 0.2) is 36.5 Å². The predicted octanol–water partition coefficient (Wildman–Crippen LogP) is 4.04. The summed E-state index contributed by atoms with van der Waals surface area (Å²) < 4.78 is 51.6. The Morgan fingerprint density at radius 1 is 1.14 bits per heavy atom. The molecule has 3 rings (SSSR count). The van der Waals surface area contributed by atoms with E-state index in [1.165, 1.54) is 18.2 Å². The van der Waals surface area contributed by atoms with Crippen molar-refractivity contribution in [3.63, 3.8) is 0 Å². The van der Waals surface area contributed by atoms with Crippen LogP contribution in [-0.2, 0) is 11.0 Å². The number of anilines is 2. The first-order chi connectivity index (χ1) is 13.7. The number of nitrogens with one attached hydrogen (secondary N) is 1. The molecule has 1 aliphatic heterocycles. The average molecular weight is 431 g/mol. The van der Waals surface area contributed by atoms with Gasteiger partial charge < -0.3 is 10.2 Å². The number of halogens is 5. The summed E-state index contributed by atoms with van der Waals surface area (Å²) in [5.74, 6) is -0.407. The molecule has 10 heteroatoms. The van der Waals surface area contributed by atoms with E-state index in [4.69, 9.17) is 11.6 Å². The van der Waals surface area contributed by atoms with E-state index in [0.717, 1.165) is 18.3 Å². The molecule has 1 aromatic carbocycles. The van der Waals surface area contributed by atoms with Gasteiger partial charge in [-0.1, -0.05) is 11.6 Å². The van der Waals surface area contributed by atoms with Gasteiger partial charge >= 0.3 is 6.18 Å². The smallest absolute Gasteiger partial charge is 0.354 e. The van der Waals surface area contributed by atoms with E-state index in [-0.39, 0.29) is 23.0 Å². The van der Waals surface area contributed by atoms with Gasteiger partial charge in [0.1, 0.15) is 11.6 Å². The van der Waals surface area contributed by atoms with E-state index in [9.17, 15) is 22.4 Å². The minimum atomic E-state index is -4.40. The quantitative estimate of drug-likeness (QED) is 0.727. The van der Waals surface area contributed by atoms with Gasteiger partial charge in [0.25, 0.3) is 0 Å². The summed E-state index contributed by atoms with van der Waals surface area (Å²) in [6, 6.07) is 6.42. The second-order valence-corrected chi connectivity index (χ2v) is 7.09. The summed E-state index contributed by atoms with van der Waals surface area (Å²) in [4.78, 5) is 19.9. The van der Waals surface area contributed by atoms with Crippen molar-refractivity contribution in [2.75, 3.05) is 42.9 Å². The van der Waals surface area contributed by atoms with Crippen LogP contribution in [0, 0.1) is 5.82 Å². The molecule has 1 aromatic heterocycles. The van der Waals surface area contributed by atoms with Crippen LogP contribution in [0.5, 0.6) is 0 Å². The Hall–Kier alpha value is -2.39. The molecule has 2 aromatic rings. The highest BCUT2D eigenvalue weighted by Crippen LogP contribution is 2.29. The minimum Gasteiger partial charge on any atom is -0.354 e. The molecular formula is C19H19ClF4N4O. The van der Waals surface area contributed by atoms with E-state index in [2.05, 4.69) is 15.2 Å². The maximum atomic E-state index is 13.7. The normalized spacial score (nSPS) is 15.4. The molecule has 0 unspecified atom stereocenters. The summed E-state index contributed by atoms with van der Waals surface area (Å²) >= 11 is 5.68. The molecular weight excluding hydrogens is 412 g/mol. The molecule has 1 amide bonds. The summed E-state index contributed by atoms with van der Waals surface area (Å²) in [5.41, 5.74) is -0.694. The highest BCUT2D eigenvalue weighted by atomic mass is 35.5. The SMILES string of the molecule is O=C(CCN1CCN(c2ccc(C(F)(F)F)cn2)CC1)Nc1ccc(Cl)cc1F. The van der Waals surface area contributed by atoms with Gasteiger partial charge in [0, 0.05) is 50.4 Å². The van der Waals surface area contributed by atoms with Crippen molar-refractivity contribution >= 4 is 29.0 Å². The Morgan fingerprint density at radius 2 is 1.86 bits per heavy atom. The molecule has 0 bridgehead atoms. The number of benzene rings is 1. The van der Waals surface area contributed by atoms with Gasteiger partial charge in [0.15, 0.2) is 0 Å². The fourth-order valence-corrected chi connectivity index (χ4v) is 3.16. The van der Waals surface area contributed by atoms with Crippen LogP contribution < -0.4 is 10.2 Å².